The zero-order chi connectivity index (χ0) is 31.7. The second kappa shape index (κ2) is 14.6. The van der Waals surface area contributed by atoms with Gasteiger partial charge in [0.05, 0.1) is 13.2 Å². The maximum Gasteiger partial charge on any atom is 0.341 e. The molecule has 0 unspecified atom stereocenters. The molecule has 5 aromatic rings. The molecule has 0 atom stereocenters. The van der Waals surface area contributed by atoms with Gasteiger partial charge in [0.1, 0.15) is 17.4 Å². The minimum atomic E-state index is -0.549. The Hall–Kier alpha value is -5.40. The molecule has 1 aliphatic rings. The number of amides is 2. The molecule has 46 heavy (non-hydrogen) atoms. The first-order valence-corrected chi connectivity index (χ1v) is 15.5. The lowest BCUT2D eigenvalue weighted by molar-refractivity contribution is 0.0594. The van der Waals surface area contributed by atoms with Crippen molar-refractivity contribution in [2.45, 2.75) is 12.1 Å². The first kappa shape index (κ1) is 30.6. The van der Waals surface area contributed by atoms with Gasteiger partial charge >= 0.3 is 12.0 Å². The van der Waals surface area contributed by atoms with Crippen LogP contribution in [0.3, 0.4) is 0 Å². The smallest absolute Gasteiger partial charge is 0.341 e. The summed E-state index contributed by atoms with van der Waals surface area (Å²) in [5.74, 6) is -0.184. The van der Waals surface area contributed by atoms with Gasteiger partial charge in [-0.2, -0.15) is 0 Å². The van der Waals surface area contributed by atoms with Gasteiger partial charge in [-0.25, -0.2) is 9.59 Å². The highest BCUT2D eigenvalue weighted by Gasteiger charge is 2.29. The second-order valence-corrected chi connectivity index (χ2v) is 11.2. The van der Waals surface area contributed by atoms with E-state index < -0.39 is 12.1 Å². The maximum absolute atomic E-state index is 13.4. The zero-order valence-electron chi connectivity index (χ0n) is 25.8. The van der Waals surface area contributed by atoms with Crippen LogP contribution in [0.5, 0.6) is 5.75 Å². The van der Waals surface area contributed by atoms with Gasteiger partial charge in [0.15, 0.2) is 0 Å². The minimum absolute atomic E-state index is 0.110. The van der Waals surface area contributed by atoms with Crippen molar-refractivity contribution in [3.63, 3.8) is 0 Å². The van der Waals surface area contributed by atoms with Crippen molar-refractivity contribution in [1.29, 1.82) is 0 Å². The van der Waals surface area contributed by atoms with Crippen LogP contribution in [0, 0.1) is 0 Å². The average Bonchev–Trinajstić information content (AvgIpc) is 3.12. The lowest BCUT2D eigenvalue weighted by atomic mass is 9.96. The molecule has 1 fully saturated rings. The Morgan fingerprint density at radius 3 is 1.59 bits per heavy atom. The molecule has 0 spiro atoms. The predicted molar refractivity (Wildman–Crippen MR) is 180 cm³/mol. The van der Waals surface area contributed by atoms with E-state index >= 15 is 0 Å². The fraction of sp³-hybridized carbons (Fsp3) is 0.179. The molecule has 0 radical (unpaired) electrons. The third-order valence-electron chi connectivity index (χ3n) is 8.28. The van der Waals surface area contributed by atoms with Gasteiger partial charge < -0.3 is 19.7 Å². The highest BCUT2D eigenvalue weighted by atomic mass is 16.5. The third-order valence-corrected chi connectivity index (χ3v) is 8.28. The molecule has 232 valence electrons. The van der Waals surface area contributed by atoms with Gasteiger partial charge in [0.25, 0.3) is 0 Å². The molecule has 1 aliphatic heterocycles. The molecule has 1 saturated heterocycles. The van der Waals surface area contributed by atoms with Gasteiger partial charge in [0, 0.05) is 31.9 Å². The summed E-state index contributed by atoms with van der Waals surface area (Å²) in [6, 6.07) is 45.6. The first-order valence-electron chi connectivity index (χ1n) is 15.5. The number of hydrogen-bond acceptors (Lipinski definition) is 5. The van der Waals surface area contributed by atoms with Gasteiger partial charge in [-0.15, -0.1) is 0 Å². The maximum atomic E-state index is 13.4. The largest absolute Gasteiger partial charge is 0.480 e. The summed E-state index contributed by atoms with van der Waals surface area (Å²) in [5, 5.41) is 2.99. The van der Waals surface area contributed by atoms with E-state index in [1.54, 1.807) is 18.2 Å². The number of rotatable bonds is 9. The Bertz CT molecular complexity index is 1650. The molecular weight excluding hydrogens is 574 g/mol. The summed E-state index contributed by atoms with van der Waals surface area (Å²) in [5.41, 5.74) is 5.07. The SMILES string of the molecule is COC(=O)c1cc(NC(=O)N2CCN(C(c3ccccc3)c3ccccc3)CC2)ccc1OC(c1ccccc1)c1ccccc1. The third kappa shape index (κ3) is 7.11. The molecule has 2 amide bonds. The number of methoxy groups -OCH3 is 1. The van der Waals surface area contributed by atoms with Crippen molar-refractivity contribution in [3.8, 4) is 5.75 Å². The Morgan fingerprint density at radius 2 is 1.11 bits per heavy atom. The van der Waals surface area contributed by atoms with Crippen LogP contribution in [0.1, 0.15) is 44.8 Å². The summed E-state index contributed by atoms with van der Waals surface area (Å²) in [4.78, 5) is 30.6. The molecule has 0 aliphatic carbocycles. The van der Waals surface area contributed by atoms with Gasteiger partial charge in [-0.1, -0.05) is 121 Å². The number of urea groups is 1. The highest BCUT2D eigenvalue weighted by Crippen LogP contribution is 2.33. The number of nitrogens with zero attached hydrogens (tertiary/aromatic N) is 2. The minimum Gasteiger partial charge on any atom is -0.480 e. The van der Waals surface area contributed by atoms with Gasteiger partial charge in [-0.3, -0.25) is 4.90 Å². The Labute approximate surface area is 270 Å². The van der Waals surface area contributed by atoms with E-state index in [0.717, 1.165) is 24.2 Å². The van der Waals surface area contributed by atoms with Crippen molar-refractivity contribution in [2.24, 2.45) is 0 Å². The van der Waals surface area contributed by atoms with Crippen molar-refractivity contribution >= 4 is 17.7 Å². The molecular formula is C39H37N3O4. The van der Waals surface area contributed by atoms with Crippen LogP contribution in [0.4, 0.5) is 10.5 Å². The van der Waals surface area contributed by atoms with E-state index in [0.29, 0.717) is 24.5 Å². The standard InChI is InChI=1S/C39H37N3O4/c1-45-38(43)34-28-33(22-23-35(34)46-37(31-18-10-4-11-19-31)32-20-12-5-13-21-32)40-39(44)42-26-24-41(25-27-42)36(29-14-6-2-7-15-29)30-16-8-3-9-17-30/h2-23,28,36-37H,24-27H2,1H3,(H,40,44). The summed E-state index contributed by atoms with van der Waals surface area (Å²) in [6.07, 6.45) is -0.446. The molecule has 7 heteroatoms. The number of carbonyl (C=O) groups is 2. The Morgan fingerprint density at radius 1 is 0.630 bits per heavy atom. The summed E-state index contributed by atoms with van der Waals surface area (Å²) in [7, 11) is 1.33. The lowest BCUT2D eigenvalue weighted by Gasteiger charge is -2.39. The van der Waals surface area contributed by atoms with E-state index in [1.807, 2.05) is 77.7 Å². The van der Waals surface area contributed by atoms with Crippen molar-refractivity contribution < 1.29 is 19.1 Å². The van der Waals surface area contributed by atoms with E-state index in [2.05, 4.69) is 58.7 Å². The number of nitrogens with one attached hydrogen (secondary N) is 1. The van der Waals surface area contributed by atoms with Crippen LogP contribution < -0.4 is 10.1 Å². The highest BCUT2D eigenvalue weighted by molar-refractivity contribution is 5.96. The average molecular weight is 612 g/mol. The molecule has 1 N–H and O–H groups in total. The number of esters is 1. The summed E-state index contributed by atoms with van der Waals surface area (Å²) >= 11 is 0. The number of piperazine rings is 1. The van der Waals surface area contributed by atoms with Crippen LogP contribution in [0.15, 0.2) is 140 Å². The molecule has 1 heterocycles. The monoisotopic (exact) mass is 611 g/mol. The Kier molecular flexibility index (Phi) is 9.71. The van der Waals surface area contributed by atoms with Crippen molar-refractivity contribution in [1.82, 2.24) is 9.80 Å². The number of anilines is 1. The Balaban J connectivity index is 1.17. The van der Waals surface area contributed by atoms with E-state index in [9.17, 15) is 9.59 Å². The van der Waals surface area contributed by atoms with Gasteiger partial charge in [0.2, 0.25) is 0 Å². The van der Waals surface area contributed by atoms with Crippen LogP contribution in [-0.2, 0) is 4.74 Å². The summed E-state index contributed by atoms with van der Waals surface area (Å²) in [6.45, 7) is 2.59. The molecule has 0 saturated carbocycles. The zero-order valence-corrected chi connectivity index (χ0v) is 25.8. The van der Waals surface area contributed by atoms with Crippen LogP contribution >= 0.6 is 0 Å². The number of benzene rings is 5. The molecule has 7 nitrogen and oxygen atoms in total. The normalized spacial score (nSPS) is 13.4. The quantitative estimate of drug-likeness (QED) is 0.174. The van der Waals surface area contributed by atoms with E-state index in [1.165, 1.54) is 18.2 Å². The van der Waals surface area contributed by atoms with E-state index in [4.69, 9.17) is 9.47 Å². The topological polar surface area (TPSA) is 71.1 Å². The predicted octanol–water partition coefficient (Wildman–Crippen LogP) is 7.58. The fourth-order valence-corrected chi connectivity index (χ4v) is 5.96. The van der Waals surface area contributed by atoms with E-state index in [-0.39, 0.29) is 17.6 Å². The first-order chi connectivity index (χ1) is 22.6. The molecule has 6 rings (SSSR count). The van der Waals surface area contributed by atoms with Crippen LogP contribution in [0.2, 0.25) is 0 Å². The van der Waals surface area contributed by atoms with Crippen molar-refractivity contribution in [3.05, 3.63) is 167 Å². The van der Waals surface area contributed by atoms with Gasteiger partial charge in [-0.05, 0) is 40.5 Å². The fourth-order valence-electron chi connectivity index (χ4n) is 5.96. The molecule has 0 bridgehead atoms. The van der Waals surface area contributed by atoms with Crippen LogP contribution in [-0.4, -0.2) is 55.1 Å². The lowest BCUT2D eigenvalue weighted by Crippen LogP contribution is -2.51. The summed E-state index contributed by atoms with van der Waals surface area (Å²) < 4.78 is 11.6. The molecule has 0 aromatic heterocycles. The number of carbonyl (C=O) groups excluding carboxylic acids is 2. The molecule has 5 aromatic carbocycles. The number of hydrogen-bond donors (Lipinski definition) is 1. The van der Waals surface area contributed by atoms with Crippen LogP contribution in [0.25, 0.3) is 0 Å². The number of ether oxygens (including phenoxy) is 2. The second-order valence-electron chi connectivity index (χ2n) is 11.2. The van der Waals surface area contributed by atoms with Crippen molar-refractivity contribution in [2.75, 3.05) is 38.6 Å².